The SMILES string of the molecule is Cc1cc(Cl)cc(-c2ncnn3cc(Cn4c(=O)ccn(CC(F)(F)F)c4=O)cc23)c1CC1CN(C(=O)O)CCO1. The quantitative estimate of drug-likeness (QED) is 0.365. The van der Waals surface area contributed by atoms with Gasteiger partial charge in [-0.25, -0.2) is 19.1 Å². The lowest BCUT2D eigenvalue weighted by Gasteiger charge is -2.31. The van der Waals surface area contributed by atoms with Crippen molar-refractivity contribution < 1.29 is 27.8 Å². The molecule has 1 N–H and O–H groups in total. The van der Waals surface area contributed by atoms with Gasteiger partial charge in [0, 0.05) is 42.0 Å². The number of fused-ring (bicyclic) bond motifs is 1. The zero-order chi connectivity index (χ0) is 29.5. The normalized spacial score (nSPS) is 15.9. The molecule has 0 saturated carbocycles. The summed E-state index contributed by atoms with van der Waals surface area (Å²) in [5.74, 6) is 0. The van der Waals surface area contributed by atoms with Gasteiger partial charge in [0.1, 0.15) is 12.9 Å². The Bertz CT molecular complexity index is 1750. The smallest absolute Gasteiger partial charge is 0.407 e. The van der Waals surface area contributed by atoms with Gasteiger partial charge >= 0.3 is 18.0 Å². The van der Waals surface area contributed by atoms with E-state index in [2.05, 4.69) is 10.1 Å². The predicted octanol–water partition coefficient (Wildman–Crippen LogP) is 3.21. The minimum Gasteiger partial charge on any atom is -0.465 e. The number of hydrogen-bond donors (Lipinski definition) is 1. The van der Waals surface area contributed by atoms with Crippen molar-refractivity contribution in [2.24, 2.45) is 0 Å². The summed E-state index contributed by atoms with van der Waals surface area (Å²) < 4.78 is 47.2. The molecule has 15 heteroatoms. The van der Waals surface area contributed by atoms with Gasteiger partial charge in [0.15, 0.2) is 0 Å². The van der Waals surface area contributed by atoms with Crippen molar-refractivity contribution in [2.75, 3.05) is 19.7 Å². The Hall–Kier alpha value is -4.17. The Labute approximate surface area is 235 Å². The lowest BCUT2D eigenvalue weighted by Crippen LogP contribution is -2.45. The molecule has 1 aromatic carbocycles. The number of halogens is 4. The van der Waals surface area contributed by atoms with Crippen molar-refractivity contribution in [1.82, 2.24) is 28.6 Å². The molecule has 216 valence electrons. The highest BCUT2D eigenvalue weighted by molar-refractivity contribution is 6.31. The first-order chi connectivity index (χ1) is 19.4. The molecule has 0 radical (unpaired) electrons. The Morgan fingerprint density at radius 3 is 2.76 bits per heavy atom. The molecule has 1 unspecified atom stereocenters. The fraction of sp³-hybridized carbons (Fsp3) is 0.346. The number of aromatic nitrogens is 5. The summed E-state index contributed by atoms with van der Waals surface area (Å²) in [4.78, 5) is 42.3. The number of benzene rings is 1. The second-order valence-electron chi connectivity index (χ2n) is 9.73. The van der Waals surface area contributed by atoms with Crippen LogP contribution < -0.4 is 11.2 Å². The Morgan fingerprint density at radius 2 is 2.02 bits per heavy atom. The Kier molecular flexibility index (Phi) is 7.62. The van der Waals surface area contributed by atoms with Gasteiger partial charge in [-0.2, -0.15) is 18.3 Å². The molecule has 1 amide bonds. The highest BCUT2D eigenvalue weighted by Crippen LogP contribution is 2.33. The van der Waals surface area contributed by atoms with E-state index < -0.39 is 36.2 Å². The molecule has 5 rings (SSSR count). The summed E-state index contributed by atoms with van der Waals surface area (Å²) in [6, 6.07) is 6.07. The minimum atomic E-state index is -4.64. The minimum absolute atomic E-state index is 0.197. The average molecular weight is 593 g/mol. The summed E-state index contributed by atoms with van der Waals surface area (Å²) in [6.45, 7) is 0.805. The van der Waals surface area contributed by atoms with Gasteiger partial charge < -0.3 is 14.7 Å². The second kappa shape index (κ2) is 11.0. The number of hydrogen-bond acceptors (Lipinski definition) is 6. The molecular formula is C26H24ClF3N6O5. The van der Waals surface area contributed by atoms with Gasteiger partial charge in [-0.3, -0.25) is 13.9 Å². The summed E-state index contributed by atoms with van der Waals surface area (Å²) in [7, 11) is 0. The standard InChI is InChI=1S/C26H24ClF3N6O5/c1-15-6-17(27)8-20(19(15)9-18-12-33(25(39)40)4-5-41-18)23-21-7-16(11-36(21)32-14-31-23)10-35-22(37)2-3-34(24(35)38)13-26(28,29)30/h2-3,6-8,11,14,18H,4-5,9-10,12-13H2,1H3,(H,39,40). The van der Waals surface area contributed by atoms with E-state index in [4.69, 9.17) is 16.3 Å². The van der Waals surface area contributed by atoms with Crippen molar-refractivity contribution in [3.05, 3.63) is 85.5 Å². The average Bonchev–Trinajstić information content (AvgIpc) is 3.32. The summed E-state index contributed by atoms with van der Waals surface area (Å²) in [5.41, 5.74) is 1.92. The number of amides is 1. The van der Waals surface area contributed by atoms with Crippen LogP contribution in [0.1, 0.15) is 16.7 Å². The molecule has 0 spiro atoms. The summed E-state index contributed by atoms with van der Waals surface area (Å²) in [6.07, 6.45) is -1.98. The van der Waals surface area contributed by atoms with Crippen LogP contribution in [-0.4, -0.2) is 71.8 Å². The number of carboxylic acid groups (broad SMARTS) is 1. The molecule has 1 atom stereocenters. The van der Waals surface area contributed by atoms with E-state index in [1.54, 1.807) is 24.4 Å². The first-order valence-electron chi connectivity index (χ1n) is 12.5. The van der Waals surface area contributed by atoms with Gasteiger partial charge in [-0.05, 0) is 41.8 Å². The molecule has 0 aliphatic carbocycles. The van der Waals surface area contributed by atoms with Gasteiger partial charge in [-0.15, -0.1) is 0 Å². The fourth-order valence-corrected chi connectivity index (χ4v) is 5.25. The highest BCUT2D eigenvalue weighted by Gasteiger charge is 2.29. The predicted molar refractivity (Wildman–Crippen MR) is 141 cm³/mol. The van der Waals surface area contributed by atoms with Gasteiger partial charge in [0.25, 0.3) is 5.56 Å². The van der Waals surface area contributed by atoms with E-state index >= 15 is 0 Å². The van der Waals surface area contributed by atoms with Crippen LogP contribution >= 0.6 is 11.6 Å². The van der Waals surface area contributed by atoms with E-state index in [1.165, 1.54) is 15.7 Å². The zero-order valence-electron chi connectivity index (χ0n) is 21.6. The van der Waals surface area contributed by atoms with Crippen LogP contribution in [0, 0.1) is 6.92 Å². The molecule has 4 aromatic rings. The van der Waals surface area contributed by atoms with Crippen LogP contribution in [-0.2, 0) is 24.2 Å². The van der Waals surface area contributed by atoms with Crippen LogP contribution in [0.3, 0.4) is 0 Å². The Morgan fingerprint density at radius 1 is 1.24 bits per heavy atom. The zero-order valence-corrected chi connectivity index (χ0v) is 22.4. The topological polar surface area (TPSA) is 124 Å². The molecule has 4 heterocycles. The number of aryl methyl sites for hydroxylation is 1. The van der Waals surface area contributed by atoms with Gasteiger partial charge in [-0.1, -0.05) is 11.6 Å². The number of ether oxygens (including phenoxy) is 1. The molecule has 11 nitrogen and oxygen atoms in total. The van der Waals surface area contributed by atoms with Crippen molar-refractivity contribution >= 4 is 23.2 Å². The maximum Gasteiger partial charge on any atom is 0.407 e. The molecular weight excluding hydrogens is 569 g/mol. The van der Waals surface area contributed by atoms with Crippen LogP contribution in [0.15, 0.2) is 52.6 Å². The maximum absolute atomic E-state index is 12.9. The highest BCUT2D eigenvalue weighted by atomic mass is 35.5. The molecule has 41 heavy (non-hydrogen) atoms. The third kappa shape index (κ3) is 6.12. The molecule has 1 fully saturated rings. The third-order valence-electron chi connectivity index (χ3n) is 6.83. The fourth-order valence-electron chi connectivity index (χ4n) is 4.98. The van der Waals surface area contributed by atoms with E-state index in [1.807, 2.05) is 6.92 Å². The van der Waals surface area contributed by atoms with Crippen LogP contribution in [0.5, 0.6) is 0 Å². The van der Waals surface area contributed by atoms with Gasteiger partial charge in [0.2, 0.25) is 0 Å². The van der Waals surface area contributed by atoms with Crippen LogP contribution in [0.2, 0.25) is 5.02 Å². The number of carbonyl (C=O) groups is 1. The number of morpholine rings is 1. The third-order valence-corrected chi connectivity index (χ3v) is 7.04. The molecule has 3 aromatic heterocycles. The monoisotopic (exact) mass is 592 g/mol. The second-order valence-corrected chi connectivity index (χ2v) is 10.2. The maximum atomic E-state index is 12.9. The number of rotatable bonds is 6. The van der Waals surface area contributed by atoms with Crippen LogP contribution in [0.4, 0.5) is 18.0 Å². The lowest BCUT2D eigenvalue weighted by atomic mass is 9.93. The largest absolute Gasteiger partial charge is 0.465 e. The lowest BCUT2D eigenvalue weighted by molar-refractivity contribution is -0.141. The van der Waals surface area contributed by atoms with E-state index in [0.29, 0.717) is 38.3 Å². The molecule has 1 aliphatic heterocycles. The number of nitrogens with zero attached hydrogens (tertiary/aromatic N) is 6. The summed E-state index contributed by atoms with van der Waals surface area (Å²) >= 11 is 6.42. The van der Waals surface area contributed by atoms with Crippen molar-refractivity contribution in [3.8, 4) is 11.3 Å². The first-order valence-corrected chi connectivity index (χ1v) is 12.9. The van der Waals surface area contributed by atoms with Crippen molar-refractivity contribution in [1.29, 1.82) is 0 Å². The van der Waals surface area contributed by atoms with Crippen molar-refractivity contribution in [2.45, 2.75) is 38.7 Å². The molecule has 1 aliphatic rings. The van der Waals surface area contributed by atoms with E-state index in [9.17, 15) is 32.7 Å². The number of alkyl halides is 3. The van der Waals surface area contributed by atoms with E-state index in [-0.39, 0.29) is 26.2 Å². The first kappa shape index (κ1) is 28.4. The van der Waals surface area contributed by atoms with Gasteiger partial charge in [0.05, 0.1) is 37.0 Å². The molecule has 0 bridgehead atoms. The van der Waals surface area contributed by atoms with Crippen LogP contribution in [0.25, 0.3) is 16.8 Å². The summed E-state index contributed by atoms with van der Waals surface area (Å²) in [5, 5.41) is 14.1. The van der Waals surface area contributed by atoms with Crippen molar-refractivity contribution in [3.63, 3.8) is 0 Å². The van der Waals surface area contributed by atoms with E-state index in [0.717, 1.165) is 28.0 Å². The molecule has 1 saturated heterocycles. The Balaban J connectivity index is 1.53.